The molecule has 2 aromatic heterocycles. The van der Waals surface area contributed by atoms with Crippen LogP contribution in [0.5, 0.6) is 0 Å². The third-order valence-electron chi connectivity index (χ3n) is 2.64. The number of nitrogens with two attached hydrogens (primary N) is 1. The van der Waals surface area contributed by atoms with Crippen molar-refractivity contribution >= 4 is 23.7 Å². The third-order valence-corrected chi connectivity index (χ3v) is 3.51. The molecule has 0 aliphatic carbocycles. The second-order valence-corrected chi connectivity index (χ2v) is 4.88. The van der Waals surface area contributed by atoms with Crippen LogP contribution in [0.2, 0.25) is 0 Å². The van der Waals surface area contributed by atoms with Gasteiger partial charge in [0.25, 0.3) is 0 Å². The van der Waals surface area contributed by atoms with Crippen LogP contribution in [0, 0.1) is 0 Å². The number of nitrogen functional groups attached to an aromatic ring is 1. The number of aromatic nitrogens is 4. The molecule has 0 aliphatic heterocycles. The van der Waals surface area contributed by atoms with Gasteiger partial charge in [-0.3, -0.25) is 10.4 Å². The number of hydrazine groups is 1. The normalized spacial score (nSPS) is 10.3. The zero-order chi connectivity index (χ0) is 14.4. The van der Waals surface area contributed by atoms with Crippen LogP contribution in [-0.2, 0) is 0 Å². The predicted molar refractivity (Wildman–Crippen MR) is 79.6 cm³/mol. The quantitative estimate of drug-likeness (QED) is 0.611. The van der Waals surface area contributed by atoms with E-state index in [0.29, 0.717) is 17.1 Å². The molecular formula is C12H17N7S. The summed E-state index contributed by atoms with van der Waals surface area (Å²) in [5.41, 5.74) is 2.48. The molecule has 0 unspecified atom stereocenters. The molecule has 0 saturated heterocycles. The van der Waals surface area contributed by atoms with E-state index in [1.807, 2.05) is 17.0 Å². The number of rotatable bonds is 6. The summed E-state index contributed by atoms with van der Waals surface area (Å²) in [5.74, 6) is 6.40. The lowest BCUT2D eigenvalue weighted by Gasteiger charge is -2.19. The predicted octanol–water partition coefficient (Wildman–Crippen LogP) is 1.55. The van der Waals surface area contributed by atoms with E-state index < -0.39 is 0 Å². The lowest BCUT2D eigenvalue weighted by atomic mass is 10.5. The van der Waals surface area contributed by atoms with Crippen molar-refractivity contribution in [1.82, 2.24) is 19.9 Å². The molecular weight excluding hydrogens is 274 g/mol. The lowest BCUT2D eigenvalue weighted by molar-refractivity contribution is 0.783. The maximum absolute atomic E-state index is 5.42. The first kappa shape index (κ1) is 14.5. The maximum atomic E-state index is 5.42. The molecule has 0 spiro atoms. The van der Waals surface area contributed by atoms with Crippen LogP contribution in [0.15, 0.2) is 34.6 Å². The van der Waals surface area contributed by atoms with Gasteiger partial charge in [-0.15, -0.1) is 0 Å². The molecule has 2 heterocycles. The summed E-state index contributed by atoms with van der Waals surface area (Å²) in [7, 11) is 0. The van der Waals surface area contributed by atoms with Crippen LogP contribution >= 0.6 is 11.8 Å². The Balaban J connectivity index is 2.30. The van der Waals surface area contributed by atoms with E-state index in [1.54, 1.807) is 12.4 Å². The topological polar surface area (TPSA) is 92.9 Å². The van der Waals surface area contributed by atoms with Crippen LogP contribution in [-0.4, -0.2) is 33.0 Å². The van der Waals surface area contributed by atoms with Crippen molar-refractivity contribution in [1.29, 1.82) is 0 Å². The van der Waals surface area contributed by atoms with Crippen molar-refractivity contribution in [3.05, 3.63) is 24.5 Å². The van der Waals surface area contributed by atoms with Gasteiger partial charge in [0.1, 0.15) is 0 Å². The molecule has 0 bridgehead atoms. The number of pyridine rings is 1. The van der Waals surface area contributed by atoms with E-state index in [4.69, 9.17) is 5.84 Å². The molecule has 0 fully saturated rings. The summed E-state index contributed by atoms with van der Waals surface area (Å²) < 4.78 is 0. The van der Waals surface area contributed by atoms with Gasteiger partial charge in [0.2, 0.25) is 11.9 Å². The Bertz CT molecular complexity index is 545. The molecule has 3 N–H and O–H groups in total. The fourth-order valence-electron chi connectivity index (χ4n) is 1.62. The summed E-state index contributed by atoms with van der Waals surface area (Å²) in [5, 5.41) is 0.598. The summed E-state index contributed by atoms with van der Waals surface area (Å²) in [6.07, 6.45) is 3.47. The average Bonchev–Trinajstić information content (AvgIpc) is 2.49. The van der Waals surface area contributed by atoms with Crippen molar-refractivity contribution in [2.45, 2.75) is 23.9 Å². The highest BCUT2D eigenvalue weighted by atomic mass is 32.2. The minimum atomic E-state index is 0.360. The van der Waals surface area contributed by atoms with Gasteiger partial charge in [-0.25, -0.2) is 5.84 Å². The summed E-state index contributed by atoms with van der Waals surface area (Å²) in [6, 6.07) is 3.81. The van der Waals surface area contributed by atoms with E-state index in [0.717, 1.165) is 18.0 Å². The van der Waals surface area contributed by atoms with Crippen molar-refractivity contribution in [2.24, 2.45) is 5.84 Å². The number of hydrogen-bond acceptors (Lipinski definition) is 8. The molecule has 0 amide bonds. The minimum Gasteiger partial charge on any atom is -0.341 e. The van der Waals surface area contributed by atoms with Crippen LogP contribution in [0.3, 0.4) is 0 Å². The molecule has 20 heavy (non-hydrogen) atoms. The summed E-state index contributed by atoms with van der Waals surface area (Å²) >= 11 is 1.45. The molecule has 0 aromatic carbocycles. The Morgan fingerprint density at radius 3 is 2.45 bits per heavy atom. The molecule has 106 valence electrons. The van der Waals surface area contributed by atoms with Crippen molar-refractivity contribution in [3.63, 3.8) is 0 Å². The monoisotopic (exact) mass is 291 g/mol. The van der Waals surface area contributed by atoms with Crippen molar-refractivity contribution < 1.29 is 0 Å². The first-order valence-corrected chi connectivity index (χ1v) is 7.14. The largest absolute Gasteiger partial charge is 0.341 e. The molecule has 2 rings (SSSR count). The molecule has 0 atom stereocenters. The fourth-order valence-corrected chi connectivity index (χ4v) is 2.34. The molecule has 2 aromatic rings. The van der Waals surface area contributed by atoms with Crippen LogP contribution in [0.4, 0.5) is 11.9 Å². The van der Waals surface area contributed by atoms with Gasteiger partial charge in [-0.05, 0) is 37.7 Å². The SMILES string of the molecule is CCN(CC)c1nc(NN)nc(Sc2ccncc2)n1. The van der Waals surface area contributed by atoms with Crippen molar-refractivity contribution in [2.75, 3.05) is 23.4 Å². The number of nitrogens with zero attached hydrogens (tertiary/aromatic N) is 5. The van der Waals surface area contributed by atoms with Gasteiger partial charge in [0.15, 0.2) is 5.16 Å². The third kappa shape index (κ3) is 3.55. The van der Waals surface area contributed by atoms with Crippen molar-refractivity contribution in [3.8, 4) is 0 Å². The second-order valence-electron chi connectivity index (χ2n) is 3.84. The average molecular weight is 291 g/mol. The highest BCUT2D eigenvalue weighted by molar-refractivity contribution is 7.99. The zero-order valence-electron chi connectivity index (χ0n) is 11.4. The van der Waals surface area contributed by atoms with E-state index in [-0.39, 0.29) is 0 Å². The summed E-state index contributed by atoms with van der Waals surface area (Å²) in [6.45, 7) is 5.75. The Labute approximate surface area is 122 Å². The highest BCUT2D eigenvalue weighted by Crippen LogP contribution is 2.25. The molecule has 8 heteroatoms. The standard InChI is InChI=1S/C12H17N7S/c1-3-19(4-2)11-15-10(18-13)16-12(17-11)20-9-5-7-14-8-6-9/h5-8H,3-4,13H2,1-2H3,(H,15,16,17,18). The van der Waals surface area contributed by atoms with Gasteiger partial charge >= 0.3 is 0 Å². The van der Waals surface area contributed by atoms with Gasteiger partial charge < -0.3 is 4.90 Å². The maximum Gasteiger partial charge on any atom is 0.242 e. The number of hydrogen-bond donors (Lipinski definition) is 2. The van der Waals surface area contributed by atoms with Gasteiger partial charge in [0.05, 0.1) is 0 Å². The van der Waals surface area contributed by atoms with Gasteiger partial charge in [-0.2, -0.15) is 15.0 Å². The Morgan fingerprint density at radius 1 is 1.15 bits per heavy atom. The molecule has 0 aliphatic rings. The Morgan fingerprint density at radius 2 is 1.85 bits per heavy atom. The zero-order valence-corrected chi connectivity index (χ0v) is 12.3. The van der Waals surface area contributed by atoms with Gasteiger partial charge in [-0.1, -0.05) is 0 Å². The number of anilines is 2. The van der Waals surface area contributed by atoms with E-state index >= 15 is 0 Å². The fraction of sp³-hybridized carbons (Fsp3) is 0.333. The molecule has 7 nitrogen and oxygen atoms in total. The highest BCUT2D eigenvalue weighted by Gasteiger charge is 2.11. The second kappa shape index (κ2) is 7.01. The smallest absolute Gasteiger partial charge is 0.242 e. The first-order valence-electron chi connectivity index (χ1n) is 6.32. The van der Waals surface area contributed by atoms with Crippen LogP contribution in [0.25, 0.3) is 0 Å². The lowest BCUT2D eigenvalue weighted by Crippen LogP contribution is -2.25. The first-order chi connectivity index (χ1) is 9.76. The van der Waals surface area contributed by atoms with Crippen LogP contribution in [0.1, 0.15) is 13.8 Å². The Kier molecular flexibility index (Phi) is 5.08. The molecule has 0 saturated carbocycles. The Hall–Kier alpha value is -1.93. The minimum absolute atomic E-state index is 0.360. The summed E-state index contributed by atoms with van der Waals surface area (Å²) in [4.78, 5) is 20.0. The number of nitrogens with one attached hydrogen (secondary N) is 1. The van der Waals surface area contributed by atoms with E-state index in [9.17, 15) is 0 Å². The molecule has 0 radical (unpaired) electrons. The van der Waals surface area contributed by atoms with Crippen LogP contribution < -0.4 is 16.2 Å². The van der Waals surface area contributed by atoms with Gasteiger partial charge in [0, 0.05) is 30.4 Å². The van der Waals surface area contributed by atoms with E-state index in [1.165, 1.54) is 11.8 Å². The van der Waals surface area contributed by atoms with E-state index in [2.05, 4.69) is 39.2 Å².